The highest BCUT2D eigenvalue weighted by molar-refractivity contribution is 6.07. The van der Waals surface area contributed by atoms with Crippen LogP contribution in [0.1, 0.15) is 132 Å². The van der Waals surface area contributed by atoms with Gasteiger partial charge in [0.2, 0.25) is 29.5 Å². The van der Waals surface area contributed by atoms with E-state index in [9.17, 15) is 58.4 Å². The molecule has 20 nitrogen and oxygen atoms in total. The number of nitro benzene ring substituents is 1. The molecule has 0 unspecified atom stereocenters. The molecule has 5 atom stereocenters. The number of hydrogen-bond acceptors (Lipinski definition) is 12. The number of aromatic carboxylic acids is 1. The Hall–Kier alpha value is -6.21. The number of nitrogens with zero attached hydrogens (tertiary/aromatic N) is 2. The van der Waals surface area contributed by atoms with E-state index in [1.54, 1.807) is 27.7 Å². The number of benzene rings is 1. The van der Waals surface area contributed by atoms with Crippen molar-refractivity contribution < 1.29 is 57.9 Å². The summed E-state index contributed by atoms with van der Waals surface area (Å²) in [4.78, 5) is 132. The number of non-ortho nitro benzene ring substituents is 1. The SMILES string of the molecule is CCOC(=O)/C=C/CC[C@H](NC(=O)c1ccc([N+](=O)[O-])cc1C(=O)O)C(=O)N[C@H](C(=O)N1CC(=O)C[C@H]1C(=O)N[C@H](C(=O)N[C@H](C(N)=O)C1CCCCC1)C1CCCCC1)C(C)(C)C. The first-order chi connectivity index (χ1) is 30.2. The van der Waals surface area contributed by atoms with Gasteiger partial charge < -0.3 is 41.7 Å². The number of carboxylic acid groups (broad SMARTS) is 1. The summed E-state index contributed by atoms with van der Waals surface area (Å²) in [5.74, 6) is -8.05. The molecule has 1 aliphatic heterocycles. The number of nitro groups is 1. The van der Waals surface area contributed by atoms with Gasteiger partial charge in [0.1, 0.15) is 30.2 Å². The van der Waals surface area contributed by atoms with Gasteiger partial charge in [0, 0.05) is 24.6 Å². The number of Topliss-reactive ketones (excluding diaryl/α,β-unsaturated/α-hetero) is 1. The Bertz CT molecular complexity index is 1980. The molecule has 6 amide bonds. The minimum Gasteiger partial charge on any atom is -0.478 e. The highest BCUT2D eigenvalue weighted by Gasteiger charge is 2.46. The standard InChI is InChI=1S/C44H61N7O13/c1-5-64-33(53)19-13-12-18-31(46-38(55)29-21-20-27(51(62)63)22-30(29)43(60)61)39(56)49-36(44(2,3)4)42(59)50-24-28(52)23-32(50)40(57)48-35(26-16-10-7-11-17-26)41(58)47-34(37(45)54)25-14-8-6-9-15-25/h13,19-22,25-26,31-32,34-36H,5-12,14-18,23-24H2,1-4H3,(H2,45,54)(H,46,55)(H,47,58)(H,48,57)(H,49,56)(H,60,61)/b19-13+/t31-,32-,34-,35-,36+/m0/s1. The van der Waals surface area contributed by atoms with Crippen molar-refractivity contribution in [2.45, 2.75) is 141 Å². The van der Waals surface area contributed by atoms with E-state index in [0.29, 0.717) is 31.7 Å². The van der Waals surface area contributed by atoms with Gasteiger partial charge in [-0.25, -0.2) is 9.59 Å². The summed E-state index contributed by atoms with van der Waals surface area (Å²) < 4.78 is 4.88. The number of rotatable bonds is 19. The number of ether oxygens (including phenoxy) is 1. The van der Waals surface area contributed by atoms with E-state index in [0.717, 1.165) is 61.6 Å². The van der Waals surface area contributed by atoms with Crippen LogP contribution in [0.5, 0.6) is 0 Å². The summed E-state index contributed by atoms with van der Waals surface area (Å²) in [5.41, 5.74) is 2.90. The zero-order valence-electron chi connectivity index (χ0n) is 36.9. The van der Waals surface area contributed by atoms with Gasteiger partial charge in [-0.2, -0.15) is 0 Å². The number of allylic oxidation sites excluding steroid dienone is 1. The lowest BCUT2D eigenvalue weighted by molar-refractivity contribution is -0.384. The summed E-state index contributed by atoms with van der Waals surface area (Å²) in [7, 11) is 0. The van der Waals surface area contributed by atoms with Crippen molar-refractivity contribution in [3.05, 3.63) is 51.6 Å². The number of carbonyl (C=O) groups excluding carboxylic acids is 8. The number of amides is 6. The Morgan fingerprint density at radius 2 is 1.50 bits per heavy atom. The average molecular weight is 896 g/mol. The summed E-state index contributed by atoms with van der Waals surface area (Å²) >= 11 is 0. The zero-order valence-corrected chi connectivity index (χ0v) is 36.9. The summed E-state index contributed by atoms with van der Waals surface area (Å²) in [5, 5.41) is 31.8. The maximum Gasteiger partial charge on any atom is 0.336 e. The number of primary amides is 1. The van der Waals surface area contributed by atoms with Crippen LogP contribution in [0.4, 0.5) is 5.69 Å². The largest absolute Gasteiger partial charge is 0.478 e. The molecule has 0 bridgehead atoms. The van der Waals surface area contributed by atoms with E-state index in [2.05, 4.69) is 21.3 Å². The van der Waals surface area contributed by atoms with Gasteiger partial charge in [0.25, 0.3) is 11.6 Å². The fraction of sp³-hybridized carbons (Fsp3) is 0.614. The van der Waals surface area contributed by atoms with Gasteiger partial charge in [-0.05, 0) is 68.8 Å². The van der Waals surface area contributed by atoms with Gasteiger partial charge >= 0.3 is 11.9 Å². The van der Waals surface area contributed by atoms with Gasteiger partial charge in [0.15, 0.2) is 5.78 Å². The first-order valence-electron chi connectivity index (χ1n) is 21.9. The molecule has 20 heteroatoms. The van der Waals surface area contributed by atoms with Crippen LogP contribution in [-0.4, -0.2) is 111 Å². The Kier molecular flexibility index (Phi) is 18.1. The zero-order chi connectivity index (χ0) is 47.3. The molecule has 1 saturated heterocycles. The highest BCUT2D eigenvalue weighted by atomic mass is 16.6. The molecule has 64 heavy (non-hydrogen) atoms. The number of carbonyl (C=O) groups is 9. The number of nitrogens with two attached hydrogens (primary N) is 1. The molecule has 3 aliphatic rings. The number of carboxylic acids is 1. The number of likely N-dealkylation sites (tertiary alicyclic amines) is 1. The molecule has 2 saturated carbocycles. The molecule has 350 valence electrons. The Morgan fingerprint density at radius 3 is 2.05 bits per heavy atom. The fourth-order valence-corrected chi connectivity index (χ4v) is 8.62. The van der Waals surface area contributed by atoms with E-state index >= 15 is 0 Å². The molecule has 2 aliphatic carbocycles. The van der Waals surface area contributed by atoms with Crippen molar-refractivity contribution in [3.8, 4) is 0 Å². The van der Waals surface area contributed by atoms with Crippen molar-refractivity contribution in [2.75, 3.05) is 13.2 Å². The second kappa shape index (κ2) is 22.9. The third-order valence-electron chi connectivity index (χ3n) is 12.0. The average Bonchev–Trinajstić information content (AvgIpc) is 3.65. The Morgan fingerprint density at radius 1 is 0.891 bits per heavy atom. The van der Waals surface area contributed by atoms with E-state index < -0.39 is 117 Å². The normalized spacial score (nSPS) is 19.2. The third-order valence-corrected chi connectivity index (χ3v) is 12.0. The van der Waals surface area contributed by atoms with Crippen LogP contribution in [0.25, 0.3) is 0 Å². The van der Waals surface area contributed by atoms with Crippen molar-refractivity contribution >= 4 is 58.9 Å². The first kappa shape index (κ1) is 50.4. The van der Waals surface area contributed by atoms with Crippen LogP contribution in [0.3, 0.4) is 0 Å². The highest BCUT2D eigenvalue weighted by Crippen LogP contribution is 2.30. The van der Waals surface area contributed by atoms with Crippen LogP contribution in [0, 0.1) is 27.4 Å². The van der Waals surface area contributed by atoms with Crippen molar-refractivity contribution in [3.63, 3.8) is 0 Å². The quantitative estimate of drug-likeness (QED) is 0.0504. The van der Waals surface area contributed by atoms with Crippen LogP contribution in [0.2, 0.25) is 0 Å². The van der Waals surface area contributed by atoms with Gasteiger partial charge in [0.05, 0.1) is 29.2 Å². The van der Waals surface area contributed by atoms with Gasteiger partial charge in [-0.15, -0.1) is 0 Å². The minimum absolute atomic E-state index is 0.00316. The first-order valence-corrected chi connectivity index (χ1v) is 21.9. The molecule has 4 rings (SSSR count). The second-order valence-electron chi connectivity index (χ2n) is 17.8. The fourth-order valence-electron chi connectivity index (χ4n) is 8.62. The number of nitrogens with one attached hydrogen (secondary N) is 4. The van der Waals surface area contributed by atoms with Crippen LogP contribution in [-0.2, 0) is 38.3 Å². The number of esters is 1. The van der Waals surface area contributed by atoms with Gasteiger partial charge in [-0.1, -0.05) is 65.4 Å². The number of ketones is 1. The number of hydrogen-bond donors (Lipinski definition) is 6. The van der Waals surface area contributed by atoms with Crippen molar-refractivity contribution in [2.24, 2.45) is 23.0 Å². The lowest BCUT2D eigenvalue weighted by atomic mass is 9.81. The lowest BCUT2D eigenvalue weighted by Crippen LogP contribution is -2.62. The van der Waals surface area contributed by atoms with Crippen LogP contribution in [0.15, 0.2) is 30.4 Å². The molecule has 7 N–H and O–H groups in total. The van der Waals surface area contributed by atoms with Crippen molar-refractivity contribution in [1.29, 1.82) is 0 Å². The summed E-state index contributed by atoms with van der Waals surface area (Å²) in [6.07, 6.45) is 9.95. The predicted octanol–water partition coefficient (Wildman–Crippen LogP) is 2.61. The molecule has 3 fully saturated rings. The minimum atomic E-state index is -1.65. The molecule has 0 radical (unpaired) electrons. The Balaban J connectivity index is 1.60. The van der Waals surface area contributed by atoms with E-state index in [-0.39, 0.29) is 37.7 Å². The Labute approximate surface area is 371 Å². The lowest BCUT2D eigenvalue weighted by Gasteiger charge is -2.37. The molecule has 1 heterocycles. The molecule has 1 aromatic rings. The van der Waals surface area contributed by atoms with Crippen LogP contribution >= 0.6 is 0 Å². The smallest absolute Gasteiger partial charge is 0.336 e. The maximum atomic E-state index is 14.6. The molecule has 0 spiro atoms. The van der Waals surface area contributed by atoms with E-state index in [1.165, 1.54) is 6.08 Å². The molecular formula is C44H61N7O13. The van der Waals surface area contributed by atoms with Crippen molar-refractivity contribution in [1.82, 2.24) is 26.2 Å². The van der Waals surface area contributed by atoms with Crippen LogP contribution < -0.4 is 27.0 Å². The second-order valence-corrected chi connectivity index (χ2v) is 17.8. The monoisotopic (exact) mass is 895 g/mol. The topological polar surface area (TPSA) is 304 Å². The van der Waals surface area contributed by atoms with E-state index in [1.807, 2.05) is 0 Å². The molecule has 1 aromatic carbocycles. The molecule has 0 aromatic heterocycles. The predicted molar refractivity (Wildman–Crippen MR) is 229 cm³/mol. The summed E-state index contributed by atoms with van der Waals surface area (Å²) in [6.45, 7) is 6.10. The molecular weight excluding hydrogens is 835 g/mol. The summed E-state index contributed by atoms with van der Waals surface area (Å²) in [6, 6.07) is -3.75. The maximum absolute atomic E-state index is 14.6. The van der Waals surface area contributed by atoms with E-state index in [4.69, 9.17) is 10.5 Å². The third kappa shape index (κ3) is 13.6. The van der Waals surface area contributed by atoms with Gasteiger partial charge in [-0.3, -0.25) is 43.7 Å².